The highest BCUT2D eigenvalue weighted by atomic mass is 32.1. The van der Waals surface area contributed by atoms with Crippen molar-refractivity contribution in [3.8, 4) is 0 Å². The van der Waals surface area contributed by atoms with Gasteiger partial charge in [-0.05, 0) is 86.4 Å². The summed E-state index contributed by atoms with van der Waals surface area (Å²) in [5, 5.41) is 85.0. The molecule has 7 aromatic rings. The van der Waals surface area contributed by atoms with Gasteiger partial charge < -0.3 is 28.4 Å². The third kappa shape index (κ3) is 40.9. The molecular formula is C64H67N11O22S2. The standard InChI is InChI=1S/C18H17NO4.C8H13NO4.3C7H6N2O2.2C6H5NO2S.C5H9NO4/c20-19(21)12-11-17-22-13-18(14-23-17,15-7-3-1-4-8-15)16-9-5-2-6-10-16;1-8(2)5-12-7(13-6-8)3-4-9(10)11;10-9(11)6-3-7-1-4-8-5-2-7;10-9(11)5-3-7-2-1-4-8-6-7;10-9(11)6-4-7-3-1-2-5-8-7;8-7(9)3-1-6-2-4-10-5-6;8-7(9)4-3-6-2-1-5-10-6;1-9-5(10-2)3-4-6(7)8/h1-12,17H,13-14H2;3-4,7H,5-6H2,1-2H3;3*1-6H;2*1-5H;3-5H,1-2H3/b12-11+;4-3+;6-3+;5-3+;6-4+;3-1+;2*4-3+. The minimum atomic E-state index is -0.694. The first-order valence-electron chi connectivity index (χ1n) is 28.3. The molecule has 2 aromatic carbocycles. The highest BCUT2D eigenvalue weighted by Crippen LogP contribution is 2.36. The molecule has 5 aromatic heterocycles. The van der Waals surface area contributed by atoms with Crippen LogP contribution in [0.15, 0.2) is 236 Å². The number of hydrogen-bond donors (Lipinski definition) is 0. The number of benzene rings is 2. The van der Waals surface area contributed by atoms with Crippen LogP contribution in [0.5, 0.6) is 0 Å². The lowest BCUT2D eigenvalue weighted by molar-refractivity contribution is -0.403. The molecule has 0 saturated carbocycles. The Morgan fingerprint density at radius 3 is 1.34 bits per heavy atom. The number of methoxy groups -OCH3 is 2. The van der Waals surface area contributed by atoms with Gasteiger partial charge in [-0.25, -0.2) is 0 Å². The first-order chi connectivity index (χ1) is 47.3. The molecule has 35 heteroatoms. The number of ether oxygens (including phenoxy) is 6. The van der Waals surface area contributed by atoms with Crippen molar-refractivity contribution in [1.29, 1.82) is 0 Å². The Balaban J connectivity index is 0.000000394. The summed E-state index contributed by atoms with van der Waals surface area (Å²) >= 11 is 2.99. The summed E-state index contributed by atoms with van der Waals surface area (Å²) in [5.41, 5.74) is 4.75. The third-order valence-electron chi connectivity index (χ3n) is 11.5. The van der Waals surface area contributed by atoms with E-state index in [1.54, 1.807) is 73.4 Å². The number of rotatable bonds is 20. The van der Waals surface area contributed by atoms with Crippen molar-refractivity contribution in [2.45, 2.75) is 38.1 Å². The van der Waals surface area contributed by atoms with Gasteiger partial charge in [0.25, 0.3) is 0 Å². The van der Waals surface area contributed by atoms with Crippen LogP contribution in [0, 0.1) is 86.3 Å². The van der Waals surface area contributed by atoms with Gasteiger partial charge in [0, 0.05) is 104 Å². The lowest BCUT2D eigenvalue weighted by atomic mass is 9.75. The molecule has 0 bridgehead atoms. The van der Waals surface area contributed by atoms with E-state index in [4.69, 9.17) is 18.9 Å². The molecule has 0 N–H and O–H groups in total. The maximum absolute atomic E-state index is 10.4. The molecule has 2 saturated heterocycles. The van der Waals surface area contributed by atoms with Crippen LogP contribution in [-0.4, -0.2) is 114 Å². The molecule has 2 fully saturated rings. The fourth-order valence-corrected chi connectivity index (χ4v) is 8.29. The van der Waals surface area contributed by atoms with E-state index in [0.29, 0.717) is 32.1 Å². The third-order valence-corrected chi connectivity index (χ3v) is 13.1. The Kier molecular flexibility index (Phi) is 41.0. The largest absolute Gasteiger partial charge is 0.352 e. The average molecular weight is 1410 g/mol. The molecule has 2 aliphatic rings. The van der Waals surface area contributed by atoms with E-state index in [1.807, 2.05) is 109 Å². The monoisotopic (exact) mass is 1410 g/mol. The normalized spacial score (nSPS) is 13.9. The number of pyridine rings is 3. The van der Waals surface area contributed by atoms with Gasteiger partial charge in [0.1, 0.15) is 0 Å². The Labute approximate surface area is 573 Å². The summed E-state index contributed by atoms with van der Waals surface area (Å²) in [6.07, 6.45) is 23.9. The van der Waals surface area contributed by atoms with Crippen LogP contribution < -0.4 is 0 Å². The Morgan fingerprint density at radius 2 is 0.919 bits per heavy atom. The zero-order valence-corrected chi connectivity index (χ0v) is 54.8. The second-order valence-electron chi connectivity index (χ2n) is 19.6. The SMILES string of the molecule is CC1(C)COC(/C=C/[N+](=O)[O-])OC1.COC(/C=C/[N+](=O)[O-])OC.O=[N+]([O-])/C=C/C1OCC(c2ccccc2)(c2ccccc2)CO1.O=[N+]([O-])/C=C/c1ccccn1.O=[N+]([O-])/C=C/c1cccnc1.O=[N+]([O-])/C=C/c1cccs1.O=[N+]([O-])/C=C/c1ccncc1.O=[N+]([O-])/C=C/c1ccsc1. The first kappa shape index (κ1) is 83.3. The highest BCUT2D eigenvalue weighted by Gasteiger charge is 2.40. The van der Waals surface area contributed by atoms with Crippen molar-refractivity contribution in [1.82, 2.24) is 15.0 Å². The molecule has 0 atom stereocenters. The van der Waals surface area contributed by atoms with Crippen molar-refractivity contribution >= 4 is 53.1 Å². The first-order valence-corrected chi connectivity index (χ1v) is 30.1. The number of nitrogens with zero attached hydrogens (tertiary/aromatic N) is 11. The van der Waals surface area contributed by atoms with Crippen LogP contribution in [-0.2, 0) is 33.8 Å². The second kappa shape index (κ2) is 48.8. The van der Waals surface area contributed by atoms with Crippen molar-refractivity contribution in [2.24, 2.45) is 5.41 Å². The maximum Gasteiger partial charge on any atom is 0.236 e. The lowest BCUT2D eigenvalue weighted by Gasteiger charge is -2.40. The van der Waals surface area contributed by atoms with E-state index < -0.39 is 63.7 Å². The molecule has 0 radical (unpaired) electrons. The van der Waals surface area contributed by atoms with E-state index in [1.165, 1.54) is 85.5 Å². The van der Waals surface area contributed by atoms with Crippen LogP contribution in [0.4, 0.5) is 0 Å². The summed E-state index contributed by atoms with van der Waals surface area (Å²) in [4.78, 5) is 87.6. The van der Waals surface area contributed by atoms with Gasteiger partial charge in [0.2, 0.25) is 49.6 Å². The minimum absolute atomic E-state index is 0.00104. The summed E-state index contributed by atoms with van der Waals surface area (Å²) in [6.45, 7) is 5.93. The maximum atomic E-state index is 10.4. The molecule has 33 nitrogen and oxygen atoms in total. The van der Waals surface area contributed by atoms with E-state index in [2.05, 4.69) is 24.4 Å². The average Bonchev–Trinajstić information content (AvgIpc) is 1.23. The topological polar surface area (TPSA) is 439 Å². The Hall–Kier alpha value is -11.8. The van der Waals surface area contributed by atoms with Crippen molar-refractivity contribution in [2.75, 3.05) is 40.6 Å². The van der Waals surface area contributed by atoms with Crippen LogP contribution in [0.1, 0.15) is 52.2 Å². The minimum Gasteiger partial charge on any atom is -0.352 e. The fourth-order valence-electron chi connectivity index (χ4n) is 7.05. The van der Waals surface area contributed by atoms with E-state index in [9.17, 15) is 80.9 Å². The molecule has 2 aliphatic heterocycles. The van der Waals surface area contributed by atoms with Gasteiger partial charge in [-0.1, -0.05) is 92.7 Å². The number of nitro groups is 8. The molecule has 0 spiro atoms. The number of thiophene rings is 2. The predicted molar refractivity (Wildman–Crippen MR) is 367 cm³/mol. The van der Waals surface area contributed by atoms with Gasteiger partial charge >= 0.3 is 0 Å². The van der Waals surface area contributed by atoms with Gasteiger partial charge in [-0.2, -0.15) is 11.3 Å². The molecule has 7 heterocycles. The molecule has 522 valence electrons. The second-order valence-corrected chi connectivity index (χ2v) is 21.3. The molecular weight excluding hydrogens is 1340 g/mol. The summed E-state index contributed by atoms with van der Waals surface area (Å²) in [6, 6.07) is 37.6. The number of hydrogen-bond acceptors (Lipinski definition) is 27. The predicted octanol–water partition coefficient (Wildman–Crippen LogP) is 12.7. The Bertz CT molecular complexity index is 3500. The van der Waals surface area contributed by atoms with Gasteiger partial charge in [-0.15, -0.1) is 11.3 Å². The fraction of sp³-hybridized carbons (Fsp3) is 0.203. The quantitative estimate of drug-likeness (QED) is 0.0388. The zero-order chi connectivity index (χ0) is 73.1. The van der Waals surface area contributed by atoms with Gasteiger partial charge in [-0.3, -0.25) is 95.9 Å². The molecule has 99 heavy (non-hydrogen) atoms. The van der Waals surface area contributed by atoms with Gasteiger partial charge in [0.15, 0.2) is 18.9 Å². The summed E-state index contributed by atoms with van der Waals surface area (Å²) in [7, 11) is 2.80. The van der Waals surface area contributed by atoms with Crippen LogP contribution in [0.2, 0.25) is 0 Å². The van der Waals surface area contributed by atoms with Crippen LogP contribution in [0.25, 0.3) is 30.4 Å². The number of aromatic nitrogens is 3. The highest BCUT2D eigenvalue weighted by molar-refractivity contribution is 7.10. The lowest BCUT2D eigenvalue weighted by Crippen LogP contribution is -2.45. The molecule has 0 amide bonds. The van der Waals surface area contributed by atoms with Crippen molar-refractivity contribution < 1.29 is 67.8 Å². The Morgan fingerprint density at radius 1 is 0.455 bits per heavy atom. The molecule has 9 rings (SSSR count). The molecule has 0 unspecified atom stereocenters. The van der Waals surface area contributed by atoms with Gasteiger partial charge in [0.05, 0.1) is 76.9 Å². The van der Waals surface area contributed by atoms with E-state index >= 15 is 0 Å². The smallest absolute Gasteiger partial charge is 0.236 e. The van der Waals surface area contributed by atoms with Crippen molar-refractivity contribution in [3.05, 3.63) is 356 Å². The summed E-state index contributed by atoms with van der Waals surface area (Å²) < 4.78 is 31.2. The van der Waals surface area contributed by atoms with E-state index in [-0.39, 0.29) is 5.41 Å². The van der Waals surface area contributed by atoms with Crippen molar-refractivity contribution in [3.63, 3.8) is 0 Å². The molecule has 0 aliphatic carbocycles. The van der Waals surface area contributed by atoms with E-state index in [0.717, 1.165) is 82.3 Å². The zero-order valence-electron chi connectivity index (χ0n) is 53.2. The summed E-state index contributed by atoms with van der Waals surface area (Å²) in [5.74, 6) is 0. The van der Waals surface area contributed by atoms with Crippen LogP contribution in [0.3, 0.4) is 0 Å². The van der Waals surface area contributed by atoms with Crippen LogP contribution >= 0.6 is 22.7 Å².